The molecular formula is C20H23N3O4. The molecule has 3 rings (SSSR count). The highest BCUT2D eigenvalue weighted by atomic mass is 16.5. The Balaban J connectivity index is 1.76. The lowest BCUT2D eigenvalue weighted by atomic mass is 9.93. The quantitative estimate of drug-likeness (QED) is 0.791. The van der Waals surface area contributed by atoms with E-state index in [-0.39, 0.29) is 12.5 Å². The van der Waals surface area contributed by atoms with Gasteiger partial charge in [0.15, 0.2) is 5.76 Å². The molecule has 1 aromatic carbocycles. The molecule has 1 aliphatic carbocycles. The molecule has 0 spiro atoms. The third-order valence-electron chi connectivity index (χ3n) is 4.39. The van der Waals surface area contributed by atoms with Gasteiger partial charge >= 0.3 is 6.09 Å². The minimum Gasteiger partial charge on any atom is -0.455 e. The lowest BCUT2D eigenvalue weighted by Gasteiger charge is -2.13. The Morgan fingerprint density at radius 2 is 2.00 bits per heavy atom. The first kappa shape index (κ1) is 18.7. The Bertz CT molecular complexity index is 856. The van der Waals surface area contributed by atoms with Crippen molar-refractivity contribution in [3.63, 3.8) is 0 Å². The third kappa shape index (κ3) is 4.36. The summed E-state index contributed by atoms with van der Waals surface area (Å²) in [6.45, 7) is 4.27. The predicted molar refractivity (Wildman–Crippen MR) is 101 cm³/mol. The summed E-state index contributed by atoms with van der Waals surface area (Å²) >= 11 is 0. The van der Waals surface area contributed by atoms with Crippen molar-refractivity contribution in [2.24, 2.45) is 5.10 Å². The maximum atomic E-state index is 12.6. The number of amides is 2. The number of carbonyl (C=O) groups is 2. The van der Waals surface area contributed by atoms with E-state index in [4.69, 9.17) is 9.15 Å². The van der Waals surface area contributed by atoms with Gasteiger partial charge in [0.25, 0.3) is 5.91 Å². The Kier molecular flexibility index (Phi) is 5.90. The monoisotopic (exact) mass is 369 g/mol. The predicted octanol–water partition coefficient (Wildman–Crippen LogP) is 3.30. The van der Waals surface area contributed by atoms with Gasteiger partial charge in [-0.2, -0.15) is 5.10 Å². The SMILES string of the molecule is CCOC(=O)N/N=C1\CCCc2oc(C(=O)NCc3ccccc3)c(C)c21. The fourth-order valence-corrected chi connectivity index (χ4v) is 3.13. The van der Waals surface area contributed by atoms with Crippen LogP contribution in [0.2, 0.25) is 0 Å². The largest absolute Gasteiger partial charge is 0.455 e. The van der Waals surface area contributed by atoms with Gasteiger partial charge in [0, 0.05) is 24.1 Å². The van der Waals surface area contributed by atoms with Crippen molar-refractivity contribution in [2.75, 3.05) is 6.61 Å². The van der Waals surface area contributed by atoms with Gasteiger partial charge in [-0.25, -0.2) is 10.2 Å². The van der Waals surface area contributed by atoms with Crippen LogP contribution in [0.25, 0.3) is 0 Å². The van der Waals surface area contributed by atoms with Gasteiger partial charge in [0.1, 0.15) is 5.76 Å². The van der Waals surface area contributed by atoms with Crippen LogP contribution in [0.5, 0.6) is 0 Å². The molecule has 1 aromatic heterocycles. The Morgan fingerprint density at radius 1 is 1.22 bits per heavy atom. The Morgan fingerprint density at radius 3 is 2.74 bits per heavy atom. The van der Waals surface area contributed by atoms with Gasteiger partial charge in [0.2, 0.25) is 0 Å². The molecule has 0 saturated heterocycles. The summed E-state index contributed by atoms with van der Waals surface area (Å²) in [6.07, 6.45) is 1.68. The highest BCUT2D eigenvalue weighted by Gasteiger charge is 2.28. The molecule has 142 valence electrons. The number of aryl methyl sites for hydroxylation is 1. The van der Waals surface area contributed by atoms with Crippen molar-refractivity contribution in [1.82, 2.24) is 10.7 Å². The van der Waals surface area contributed by atoms with Crippen LogP contribution < -0.4 is 10.7 Å². The zero-order chi connectivity index (χ0) is 19.2. The molecular weight excluding hydrogens is 346 g/mol. The van der Waals surface area contributed by atoms with E-state index in [0.29, 0.717) is 24.4 Å². The van der Waals surface area contributed by atoms with Crippen LogP contribution in [0, 0.1) is 6.92 Å². The van der Waals surface area contributed by atoms with E-state index in [9.17, 15) is 9.59 Å². The van der Waals surface area contributed by atoms with Gasteiger partial charge in [-0.1, -0.05) is 30.3 Å². The maximum Gasteiger partial charge on any atom is 0.427 e. The number of fused-ring (bicyclic) bond motifs is 1. The first-order valence-corrected chi connectivity index (χ1v) is 9.04. The van der Waals surface area contributed by atoms with Gasteiger partial charge in [-0.15, -0.1) is 0 Å². The smallest absolute Gasteiger partial charge is 0.427 e. The van der Waals surface area contributed by atoms with Crippen LogP contribution in [0.4, 0.5) is 4.79 Å². The number of nitrogens with one attached hydrogen (secondary N) is 2. The van der Waals surface area contributed by atoms with Crippen molar-refractivity contribution in [3.05, 3.63) is 58.5 Å². The zero-order valence-corrected chi connectivity index (χ0v) is 15.5. The molecule has 2 aromatic rings. The molecule has 2 amide bonds. The summed E-state index contributed by atoms with van der Waals surface area (Å²) in [7, 11) is 0. The minimum absolute atomic E-state index is 0.261. The molecule has 0 radical (unpaired) electrons. The molecule has 7 nitrogen and oxygen atoms in total. The van der Waals surface area contributed by atoms with Crippen molar-refractivity contribution in [1.29, 1.82) is 0 Å². The number of ether oxygens (including phenoxy) is 1. The summed E-state index contributed by atoms with van der Waals surface area (Å²) in [6, 6.07) is 9.69. The number of furan rings is 1. The fourth-order valence-electron chi connectivity index (χ4n) is 3.13. The van der Waals surface area contributed by atoms with Gasteiger partial charge in [0.05, 0.1) is 12.3 Å². The minimum atomic E-state index is -0.598. The summed E-state index contributed by atoms with van der Waals surface area (Å²) in [4.78, 5) is 24.1. The van der Waals surface area contributed by atoms with Crippen LogP contribution in [0.1, 0.15) is 52.8 Å². The molecule has 7 heteroatoms. The highest BCUT2D eigenvalue weighted by Crippen LogP contribution is 2.29. The average molecular weight is 369 g/mol. The summed E-state index contributed by atoms with van der Waals surface area (Å²) < 4.78 is 10.7. The van der Waals surface area contributed by atoms with Crippen LogP contribution >= 0.6 is 0 Å². The summed E-state index contributed by atoms with van der Waals surface area (Å²) in [5.41, 5.74) is 5.65. The van der Waals surface area contributed by atoms with E-state index in [1.807, 2.05) is 37.3 Å². The standard InChI is InChI=1S/C20H23N3O4/c1-3-26-20(25)23-22-15-10-7-11-16-17(15)13(2)18(27-16)19(24)21-12-14-8-5-4-6-9-14/h4-6,8-9H,3,7,10-12H2,1-2H3,(H,21,24)(H,23,25)/b22-15+. The molecule has 0 aliphatic heterocycles. The summed E-state index contributed by atoms with van der Waals surface area (Å²) in [5.74, 6) is 0.762. The number of hydrogen-bond acceptors (Lipinski definition) is 5. The van der Waals surface area contributed by atoms with Crippen molar-refractivity contribution >= 4 is 17.7 Å². The van der Waals surface area contributed by atoms with Crippen LogP contribution in [-0.4, -0.2) is 24.3 Å². The van der Waals surface area contributed by atoms with Crippen LogP contribution in [0.3, 0.4) is 0 Å². The first-order chi connectivity index (χ1) is 13.1. The molecule has 27 heavy (non-hydrogen) atoms. The normalized spacial score (nSPS) is 14.5. The average Bonchev–Trinajstić information content (AvgIpc) is 3.03. The van der Waals surface area contributed by atoms with E-state index < -0.39 is 6.09 Å². The van der Waals surface area contributed by atoms with E-state index in [0.717, 1.165) is 35.3 Å². The number of hydrazone groups is 1. The highest BCUT2D eigenvalue weighted by molar-refractivity contribution is 6.06. The van der Waals surface area contributed by atoms with Gasteiger partial charge in [-0.05, 0) is 32.3 Å². The summed E-state index contributed by atoms with van der Waals surface area (Å²) in [5, 5.41) is 7.06. The van der Waals surface area contributed by atoms with Crippen LogP contribution in [0.15, 0.2) is 39.9 Å². The lowest BCUT2D eigenvalue weighted by Crippen LogP contribution is -2.24. The second-order valence-corrected chi connectivity index (χ2v) is 6.27. The van der Waals surface area contributed by atoms with E-state index in [2.05, 4.69) is 15.8 Å². The van der Waals surface area contributed by atoms with Crippen molar-refractivity contribution < 1.29 is 18.7 Å². The van der Waals surface area contributed by atoms with Crippen molar-refractivity contribution in [3.8, 4) is 0 Å². The van der Waals surface area contributed by atoms with E-state index in [1.165, 1.54) is 0 Å². The second-order valence-electron chi connectivity index (χ2n) is 6.27. The molecule has 0 unspecified atom stereocenters. The number of benzene rings is 1. The van der Waals surface area contributed by atoms with E-state index in [1.54, 1.807) is 6.92 Å². The molecule has 1 heterocycles. The first-order valence-electron chi connectivity index (χ1n) is 9.04. The van der Waals surface area contributed by atoms with Crippen LogP contribution in [-0.2, 0) is 17.7 Å². The van der Waals surface area contributed by atoms with Crippen molar-refractivity contribution in [2.45, 2.75) is 39.7 Å². The second kappa shape index (κ2) is 8.53. The number of nitrogens with zero attached hydrogens (tertiary/aromatic N) is 1. The molecule has 0 saturated carbocycles. The maximum absolute atomic E-state index is 12.6. The molecule has 2 N–H and O–H groups in total. The number of hydrogen-bond donors (Lipinski definition) is 2. The lowest BCUT2D eigenvalue weighted by molar-refractivity contribution is 0.0920. The zero-order valence-electron chi connectivity index (χ0n) is 15.5. The molecule has 1 aliphatic rings. The molecule has 0 bridgehead atoms. The molecule has 0 atom stereocenters. The molecule has 0 fully saturated rings. The van der Waals surface area contributed by atoms with Gasteiger partial charge < -0.3 is 14.5 Å². The fraction of sp³-hybridized carbons (Fsp3) is 0.350. The van der Waals surface area contributed by atoms with E-state index >= 15 is 0 Å². The number of rotatable bonds is 5. The number of carbonyl (C=O) groups excluding carboxylic acids is 2. The van der Waals surface area contributed by atoms with Gasteiger partial charge in [-0.3, -0.25) is 4.79 Å². The topological polar surface area (TPSA) is 92.9 Å². The Labute approximate surface area is 157 Å². The third-order valence-corrected chi connectivity index (χ3v) is 4.39. The Hall–Kier alpha value is -3.09.